The van der Waals surface area contributed by atoms with Gasteiger partial charge >= 0.3 is 0 Å². The van der Waals surface area contributed by atoms with Crippen molar-refractivity contribution in [1.29, 1.82) is 0 Å². The number of pyridine rings is 1. The second-order valence-electron chi connectivity index (χ2n) is 4.41. The highest BCUT2D eigenvalue weighted by atomic mass is 16.5. The zero-order valence-corrected chi connectivity index (χ0v) is 10.1. The monoisotopic (exact) mass is 220 g/mol. The van der Waals surface area contributed by atoms with E-state index in [0.717, 1.165) is 12.2 Å². The first-order chi connectivity index (χ1) is 7.78. The third-order valence-corrected chi connectivity index (χ3v) is 3.40. The minimum Gasteiger partial charge on any atom is -0.478 e. The second-order valence-corrected chi connectivity index (χ2v) is 4.41. The summed E-state index contributed by atoms with van der Waals surface area (Å²) in [5.41, 5.74) is 0.290. The molecular formula is C13H20N2O. The molecule has 0 aromatic carbocycles. The van der Waals surface area contributed by atoms with Gasteiger partial charge in [-0.2, -0.15) is 4.98 Å². The van der Waals surface area contributed by atoms with Crippen LogP contribution in [0.2, 0.25) is 0 Å². The summed E-state index contributed by atoms with van der Waals surface area (Å²) in [5, 5.41) is 3.55. The lowest BCUT2D eigenvalue weighted by atomic mass is 9.75. The predicted molar refractivity (Wildman–Crippen MR) is 65.9 cm³/mol. The first kappa shape index (κ1) is 11.2. The second kappa shape index (κ2) is 4.73. The van der Waals surface area contributed by atoms with Crippen LogP contribution in [0.1, 0.15) is 39.5 Å². The summed E-state index contributed by atoms with van der Waals surface area (Å²) in [6.07, 6.45) is 4.99. The van der Waals surface area contributed by atoms with Gasteiger partial charge in [-0.15, -0.1) is 0 Å². The molecule has 1 fully saturated rings. The Morgan fingerprint density at radius 1 is 1.38 bits per heavy atom. The van der Waals surface area contributed by atoms with Crippen LogP contribution >= 0.6 is 0 Å². The number of anilines is 1. The molecule has 2 rings (SSSR count). The fraction of sp³-hybridized carbons (Fsp3) is 0.615. The lowest BCUT2D eigenvalue weighted by molar-refractivity contribution is 0.268. The lowest BCUT2D eigenvalue weighted by Crippen LogP contribution is -2.44. The molecular weight excluding hydrogens is 200 g/mol. The summed E-state index contributed by atoms with van der Waals surface area (Å²) in [5.74, 6) is 1.64. The summed E-state index contributed by atoms with van der Waals surface area (Å²) in [6.45, 7) is 4.87. The van der Waals surface area contributed by atoms with Crippen LogP contribution in [0.25, 0.3) is 0 Å². The zero-order valence-electron chi connectivity index (χ0n) is 10.1. The average Bonchev–Trinajstić information content (AvgIpc) is 2.25. The quantitative estimate of drug-likeness (QED) is 0.827. The number of nitrogens with zero attached hydrogens (tertiary/aromatic N) is 1. The fourth-order valence-electron chi connectivity index (χ4n) is 2.15. The molecule has 0 spiro atoms. The number of nitrogens with one attached hydrogen (secondary N) is 1. The van der Waals surface area contributed by atoms with E-state index in [2.05, 4.69) is 17.2 Å². The van der Waals surface area contributed by atoms with Gasteiger partial charge in [-0.25, -0.2) is 0 Å². The minimum atomic E-state index is 0.290. The third-order valence-electron chi connectivity index (χ3n) is 3.40. The van der Waals surface area contributed by atoms with Crippen LogP contribution in [0.4, 0.5) is 5.82 Å². The molecule has 3 heteroatoms. The van der Waals surface area contributed by atoms with E-state index in [1.165, 1.54) is 19.3 Å². The summed E-state index contributed by atoms with van der Waals surface area (Å²) >= 11 is 0. The van der Waals surface area contributed by atoms with Gasteiger partial charge in [-0.05, 0) is 38.7 Å². The van der Waals surface area contributed by atoms with Gasteiger partial charge in [0.05, 0.1) is 6.61 Å². The van der Waals surface area contributed by atoms with Gasteiger partial charge in [0.2, 0.25) is 5.88 Å². The van der Waals surface area contributed by atoms with Crippen molar-refractivity contribution in [3.05, 3.63) is 18.2 Å². The van der Waals surface area contributed by atoms with E-state index in [-0.39, 0.29) is 5.54 Å². The Morgan fingerprint density at radius 2 is 2.19 bits per heavy atom. The minimum absolute atomic E-state index is 0.290. The van der Waals surface area contributed by atoms with Crippen molar-refractivity contribution >= 4 is 5.82 Å². The zero-order chi connectivity index (χ0) is 11.4. The standard InChI is InChI=1S/C13H20N2O/c1-3-13(9-6-10-13)15-11-7-5-8-12(14-11)16-4-2/h5,7-8H,3-4,6,9-10H2,1-2H3,(H,14,15). The molecule has 16 heavy (non-hydrogen) atoms. The van der Waals surface area contributed by atoms with E-state index in [4.69, 9.17) is 4.74 Å². The maximum absolute atomic E-state index is 5.40. The smallest absolute Gasteiger partial charge is 0.215 e. The molecule has 1 aromatic heterocycles. The van der Waals surface area contributed by atoms with Crippen LogP contribution < -0.4 is 10.1 Å². The van der Waals surface area contributed by atoms with Crippen LogP contribution in [0.3, 0.4) is 0 Å². The van der Waals surface area contributed by atoms with E-state index in [1.807, 2.05) is 25.1 Å². The molecule has 1 aromatic rings. The molecule has 0 saturated heterocycles. The molecule has 0 aliphatic heterocycles. The number of hydrogen-bond donors (Lipinski definition) is 1. The van der Waals surface area contributed by atoms with Gasteiger partial charge in [-0.1, -0.05) is 13.0 Å². The number of aromatic nitrogens is 1. The highest BCUT2D eigenvalue weighted by Gasteiger charge is 2.35. The van der Waals surface area contributed by atoms with Gasteiger partial charge in [0.15, 0.2) is 0 Å². The van der Waals surface area contributed by atoms with Crippen molar-refractivity contribution in [2.24, 2.45) is 0 Å². The molecule has 1 saturated carbocycles. The Labute approximate surface area is 97.2 Å². The van der Waals surface area contributed by atoms with Gasteiger partial charge in [-0.3, -0.25) is 0 Å². The first-order valence-corrected chi connectivity index (χ1v) is 6.16. The fourth-order valence-corrected chi connectivity index (χ4v) is 2.15. The Kier molecular flexibility index (Phi) is 3.32. The molecule has 0 unspecified atom stereocenters. The van der Waals surface area contributed by atoms with Crippen molar-refractivity contribution in [2.45, 2.75) is 45.1 Å². The Bertz CT molecular complexity index is 342. The van der Waals surface area contributed by atoms with E-state index in [0.29, 0.717) is 12.5 Å². The van der Waals surface area contributed by atoms with Gasteiger partial charge < -0.3 is 10.1 Å². The SMILES string of the molecule is CCOc1cccc(NC2(CC)CCC2)n1. The molecule has 1 heterocycles. The van der Waals surface area contributed by atoms with Gasteiger partial charge in [0.1, 0.15) is 5.82 Å². The normalized spacial score (nSPS) is 17.6. The summed E-state index contributed by atoms with van der Waals surface area (Å²) in [4.78, 5) is 4.44. The summed E-state index contributed by atoms with van der Waals surface area (Å²) < 4.78 is 5.40. The summed E-state index contributed by atoms with van der Waals surface area (Å²) in [6, 6.07) is 5.90. The molecule has 0 bridgehead atoms. The number of ether oxygens (including phenoxy) is 1. The molecule has 0 amide bonds. The number of rotatable bonds is 5. The largest absolute Gasteiger partial charge is 0.478 e. The van der Waals surface area contributed by atoms with Crippen LogP contribution in [0.15, 0.2) is 18.2 Å². The molecule has 0 atom stereocenters. The van der Waals surface area contributed by atoms with Gasteiger partial charge in [0.25, 0.3) is 0 Å². The van der Waals surface area contributed by atoms with E-state index >= 15 is 0 Å². The van der Waals surface area contributed by atoms with Crippen molar-refractivity contribution in [1.82, 2.24) is 4.98 Å². The van der Waals surface area contributed by atoms with E-state index < -0.39 is 0 Å². The van der Waals surface area contributed by atoms with Crippen LogP contribution in [0.5, 0.6) is 5.88 Å². The van der Waals surface area contributed by atoms with Crippen LogP contribution in [-0.4, -0.2) is 17.1 Å². The van der Waals surface area contributed by atoms with E-state index in [1.54, 1.807) is 0 Å². The summed E-state index contributed by atoms with van der Waals surface area (Å²) in [7, 11) is 0. The van der Waals surface area contributed by atoms with Crippen molar-refractivity contribution in [3.63, 3.8) is 0 Å². The lowest BCUT2D eigenvalue weighted by Gasteiger charge is -2.42. The first-order valence-electron chi connectivity index (χ1n) is 6.16. The van der Waals surface area contributed by atoms with Crippen LogP contribution in [-0.2, 0) is 0 Å². The molecule has 0 radical (unpaired) electrons. The molecule has 1 aliphatic carbocycles. The highest BCUT2D eigenvalue weighted by molar-refractivity contribution is 5.40. The van der Waals surface area contributed by atoms with Crippen molar-refractivity contribution in [3.8, 4) is 5.88 Å². The average molecular weight is 220 g/mol. The van der Waals surface area contributed by atoms with Gasteiger partial charge in [0, 0.05) is 11.6 Å². The van der Waals surface area contributed by atoms with E-state index in [9.17, 15) is 0 Å². The Morgan fingerprint density at radius 3 is 2.75 bits per heavy atom. The van der Waals surface area contributed by atoms with Crippen molar-refractivity contribution in [2.75, 3.05) is 11.9 Å². The maximum Gasteiger partial charge on any atom is 0.215 e. The molecule has 88 valence electrons. The molecule has 1 aliphatic rings. The molecule has 1 N–H and O–H groups in total. The van der Waals surface area contributed by atoms with Crippen molar-refractivity contribution < 1.29 is 4.74 Å². The predicted octanol–water partition coefficient (Wildman–Crippen LogP) is 3.22. The topological polar surface area (TPSA) is 34.1 Å². The number of hydrogen-bond acceptors (Lipinski definition) is 3. The Hall–Kier alpha value is -1.25. The van der Waals surface area contributed by atoms with Crippen LogP contribution in [0, 0.1) is 0 Å². The third kappa shape index (κ3) is 2.29. The highest BCUT2D eigenvalue weighted by Crippen LogP contribution is 2.37. The molecule has 3 nitrogen and oxygen atoms in total. The maximum atomic E-state index is 5.40. The Balaban J connectivity index is 2.05.